The quantitative estimate of drug-likeness (QED) is 0.765. The molecule has 0 spiro atoms. The van der Waals surface area contributed by atoms with Gasteiger partial charge >= 0.3 is 12.0 Å². The van der Waals surface area contributed by atoms with Crippen LogP contribution in [-0.2, 0) is 4.74 Å². The molecular formula is C15H12BrClN2O3. The maximum atomic E-state index is 12.0. The van der Waals surface area contributed by atoms with Crippen LogP contribution in [0.15, 0.2) is 46.9 Å². The van der Waals surface area contributed by atoms with Crippen LogP contribution in [0.5, 0.6) is 0 Å². The predicted octanol–water partition coefficient (Wildman–Crippen LogP) is 4.53. The van der Waals surface area contributed by atoms with Crippen molar-refractivity contribution in [2.75, 3.05) is 17.7 Å². The Bertz CT molecular complexity index is 722. The molecule has 0 atom stereocenters. The number of ether oxygens (including phenoxy) is 1. The first kappa shape index (κ1) is 16.3. The highest BCUT2D eigenvalue weighted by atomic mass is 79.9. The fraction of sp³-hybridized carbons (Fsp3) is 0.0667. The van der Waals surface area contributed by atoms with Gasteiger partial charge in [0.05, 0.1) is 18.4 Å². The molecule has 0 saturated heterocycles. The number of amides is 2. The molecule has 2 rings (SSSR count). The Morgan fingerprint density at radius 3 is 2.59 bits per heavy atom. The number of benzene rings is 2. The van der Waals surface area contributed by atoms with Crippen molar-refractivity contribution >= 4 is 50.9 Å². The van der Waals surface area contributed by atoms with Crippen LogP contribution in [0.1, 0.15) is 10.4 Å². The van der Waals surface area contributed by atoms with Crippen LogP contribution < -0.4 is 10.6 Å². The molecule has 0 aliphatic carbocycles. The van der Waals surface area contributed by atoms with Crippen molar-refractivity contribution in [2.45, 2.75) is 0 Å². The number of hydrogen-bond acceptors (Lipinski definition) is 3. The number of nitrogens with one attached hydrogen (secondary N) is 2. The summed E-state index contributed by atoms with van der Waals surface area (Å²) in [6, 6.07) is 11.1. The number of halogens is 2. The van der Waals surface area contributed by atoms with Crippen molar-refractivity contribution in [1.82, 2.24) is 0 Å². The van der Waals surface area contributed by atoms with E-state index in [4.69, 9.17) is 16.3 Å². The first-order valence-corrected chi connectivity index (χ1v) is 7.38. The topological polar surface area (TPSA) is 67.4 Å². The van der Waals surface area contributed by atoms with Crippen LogP contribution in [0.3, 0.4) is 0 Å². The summed E-state index contributed by atoms with van der Waals surface area (Å²) in [4.78, 5) is 23.8. The largest absolute Gasteiger partial charge is 0.465 e. The number of hydrogen-bond donors (Lipinski definition) is 2. The van der Waals surface area contributed by atoms with E-state index in [9.17, 15) is 9.59 Å². The molecule has 0 aromatic heterocycles. The van der Waals surface area contributed by atoms with Gasteiger partial charge in [-0.2, -0.15) is 0 Å². The van der Waals surface area contributed by atoms with E-state index in [1.54, 1.807) is 42.5 Å². The highest BCUT2D eigenvalue weighted by Gasteiger charge is 2.14. The lowest BCUT2D eigenvalue weighted by atomic mass is 10.2. The summed E-state index contributed by atoms with van der Waals surface area (Å²) in [5, 5.41) is 5.75. The second kappa shape index (κ2) is 7.29. The van der Waals surface area contributed by atoms with Gasteiger partial charge in [0.2, 0.25) is 0 Å². The maximum Gasteiger partial charge on any atom is 0.340 e. The third-order valence-corrected chi connectivity index (χ3v) is 3.45. The predicted molar refractivity (Wildman–Crippen MR) is 89.6 cm³/mol. The third-order valence-electron chi connectivity index (χ3n) is 2.72. The standard InChI is InChI=1S/C15H12BrClN2O3/c1-22-14(20)12-7-9(16)5-6-13(12)19-15(21)18-11-4-2-3-10(17)8-11/h2-8H,1H3,(H2,18,19,21). The van der Waals surface area contributed by atoms with Crippen LogP contribution in [0.4, 0.5) is 16.2 Å². The smallest absolute Gasteiger partial charge is 0.340 e. The van der Waals surface area contributed by atoms with Crippen LogP contribution >= 0.6 is 27.5 Å². The van der Waals surface area contributed by atoms with Crippen molar-refractivity contribution in [3.63, 3.8) is 0 Å². The summed E-state index contributed by atoms with van der Waals surface area (Å²) in [7, 11) is 1.28. The molecule has 0 radical (unpaired) electrons. The Kier molecular flexibility index (Phi) is 5.41. The van der Waals surface area contributed by atoms with E-state index >= 15 is 0 Å². The first-order chi connectivity index (χ1) is 10.5. The van der Waals surface area contributed by atoms with Gasteiger partial charge in [-0.15, -0.1) is 0 Å². The molecule has 114 valence electrons. The molecule has 0 saturated carbocycles. The van der Waals surface area contributed by atoms with Crippen molar-refractivity contribution in [3.05, 3.63) is 57.5 Å². The summed E-state index contributed by atoms with van der Waals surface area (Å²) in [5.74, 6) is -0.542. The molecule has 7 heteroatoms. The SMILES string of the molecule is COC(=O)c1cc(Br)ccc1NC(=O)Nc1cccc(Cl)c1. The zero-order valence-corrected chi connectivity index (χ0v) is 13.9. The zero-order valence-electron chi connectivity index (χ0n) is 11.5. The number of carbonyl (C=O) groups is 2. The fourth-order valence-corrected chi connectivity index (χ4v) is 2.31. The molecule has 0 fully saturated rings. The minimum absolute atomic E-state index is 0.248. The van der Waals surface area contributed by atoms with E-state index in [-0.39, 0.29) is 5.56 Å². The Morgan fingerprint density at radius 1 is 1.14 bits per heavy atom. The van der Waals surface area contributed by atoms with E-state index in [1.165, 1.54) is 7.11 Å². The number of methoxy groups -OCH3 is 1. The van der Waals surface area contributed by atoms with Gasteiger partial charge in [-0.1, -0.05) is 33.6 Å². The van der Waals surface area contributed by atoms with Gasteiger partial charge in [-0.05, 0) is 36.4 Å². The Morgan fingerprint density at radius 2 is 1.91 bits per heavy atom. The second-order valence-electron chi connectivity index (χ2n) is 4.27. The van der Waals surface area contributed by atoms with Gasteiger partial charge in [-0.3, -0.25) is 0 Å². The molecule has 2 N–H and O–H groups in total. The summed E-state index contributed by atoms with van der Waals surface area (Å²) in [6.07, 6.45) is 0. The summed E-state index contributed by atoms with van der Waals surface area (Å²) in [6.45, 7) is 0. The highest BCUT2D eigenvalue weighted by molar-refractivity contribution is 9.10. The lowest BCUT2D eigenvalue weighted by Gasteiger charge is -2.11. The number of esters is 1. The summed E-state index contributed by atoms with van der Waals surface area (Å²) in [5.41, 5.74) is 1.13. The van der Waals surface area contributed by atoms with Gasteiger partial charge in [0.15, 0.2) is 0 Å². The number of carbonyl (C=O) groups excluding carboxylic acids is 2. The molecule has 0 aliphatic heterocycles. The molecule has 2 aromatic rings. The highest BCUT2D eigenvalue weighted by Crippen LogP contribution is 2.22. The molecule has 5 nitrogen and oxygen atoms in total. The van der Waals surface area contributed by atoms with Gasteiger partial charge in [-0.25, -0.2) is 9.59 Å². The fourth-order valence-electron chi connectivity index (χ4n) is 1.76. The molecule has 0 heterocycles. The zero-order chi connectivity index (χ0) is 16.1. The minimum Gasteiger partial charge on any atom is -0.465 e. The lowest BCUT2D eigenvalue weighted by Crippen LogP contribution is -2.21. The normalized spacial score (nSPS) is 9.95. The van der Waals surface area contributed by atoms with Gasteiger partial charge in [0, 0.05) is 15.2 Å². The van der Waals surface area contributed by atoms with Crippen LogP contribution in [0.25, 0.3) is 0 Å². The van der Waals surface area contributed by atoms with E-state index in [0.717, 1.165) is 0 Å². The Balaban J connectivity index is 2.16. The third kappa shape index (κ3) is 4.22. The maximum absolute atomic E-state index is 12.0. The van der Waals surface area contributed by atoms with Crippen molar-refractivity contribution in [3.8, 4) is 0 Å². The Labute approximate surface area is 140 Å². The minimum atomic E-state index is -0.542. The molecule has 22 heavy (non-hydrogen) atoms. The second-order valence-corrected chi connectivity index (χ2v) is 5.62. The van der Waals surface area contributed by atoms with Crippen LogP contribution in [-0.4, -0.2) is 19.1 Å². The van der Waals surface area contributed by atoms with E-state index in [0.29, 0.717) is 20.9 Å². The van der Waals surface area contributed by atoms with Gasteiger partial charge < -0.3 is 15.4 Å². The molecular weight excluding hydrogens is 372 g/mol. The number of rotatable bonds is 3. The molecule has 0 aliphatic rings. The average Bonchev–Trinajstić information content (AvgIpc) is 2.48. The molecule has 2 amide bonds. The van der Waals surface area contributed by atoms with Crippen molar-refractivity contribution in [1.29, 1.82) is 0 Å². The van der Waals surface area contributed by atoms with Crippen molar-refractivity contribution < 1.29 is 14.3 Å². The molecule has 0 unspecified atom stereocenters. The lowest BCUT2D eigenvalue weighted by molar-refractivity contribution is 0.0602. The van der Waals surface area contributed by atoms with Gasteiger partial charge in [0.1, 0.15) is 0 Å². The van der Waals surface area contributed by atoms with Crippen molar-refractivity contribution in [2.24, 2.45) is 0 Å². The summed E-state index contributed by atoms with van der Waals surface area (Å²) >= 11 is 9.12. The summed E-state index contributed by atoms with van der Waals surface area (Å²) < 4.78 is 5.40. The first-order valence-electron chi connectivity index (χ1n) is 6.21. The van der Waals surface area contributed by atoms with E-state index in [1.807, 2.05) is 0 Å². The number of urea groups is 1. The van der Waals surface area contributed by atoms with Crippen LogP contribution in [0.2, 0.25) is 5.02 Å². The monoisotopic (exact) mass is 382 g/mol. The van der Waals surface area contributed by atoms with Crippen LogP contribution in [0, 0.1) is 0 Å². The number of anilines is 2. The van der Waals surface area contributed by atoms with Gasteiger partial charge in [0.25, 0.3) is 0 Å². The molecule has 2 aromatic carbocycles. The van der Waals surface area contributed by atoms with E-state index < -0.39 is 12.0 Å². The molecule has 0 bridgehead atoms. The average molecular weight is 384 g/mol. The Hall–Kier alpha value is -2.05. The van der Waals surface area contributed by atoms with E-state index in [2.05, 4.69) is 26.6 Å².